The maximum absolute atomic E-state index is 12.4. The fraction of sp³-hybridized carbons (Fsp3) is 0.300. The molecule has 0 spiro atoms. The number of amides is 1. The maximum Gasteiger partial charge on any atom is 0.262 e. The van der Waals surface area contributed by atoms with Gasteiger partial charge < -0.3 is 10.1 Å². The molecule has 0 aliphatic heterocycles. The van der Waals surface area contributed by atoms with Crippen molar-refractivity contribution in [3.05, 3.63) is 48.7 Å². The fourth-order valence-corrected chi connectivity index (χ4v) is 5.27. The number of aromatic nitrogens is 1. The Bertz CT molecular complexity index is 1100. The van der Waals surface area contributed by atoms with E-state index in [2.05, 4.69) is 14.4 Å². The van der Waals surface area contributed by atoms with Gasteiger partial charge in [0, 0.05) is 23.3 Å². The summed E-state index contributed by atoms with van der Waals surface area (Å²) >= 11 is 1.40. The highest BCUT2D eigenvalue weighted by atomic mass is 32.2. The smallest absolute Gasteiger partial charge is 0.262 e. The average molecular weight is 432 g/mol. The molecular formula is C20H21N3O4S2. The molecule has 0 saturated heterocycles. The van der Waals surface area contributed by atoms with Gasteiger partial charge in [0.05, 0.1) is 9.60 Å². The third-order valence-corrected chi connectivity index (χ3v) is 7.13. The molecule has 0 unspecified atom stereocenters. The molecule has 2 aromatic carbocycles. The first-order valence-electron chi connectivity index (χ1n) is 9.39. The fourth-order valence-electron chi connectivity index (χ4n) is 3.34. The largest absolute Gasteiger partial charge is 0.484 e. The predicted molar refractivity (Wildman–Crippen MR) is 113 cm³/mol. The van der Waals surface area contributed by atoms with Crippen LogP contribution in [-0.4, -0.2) is 31.3 Å². The molecule has 2 N–H and O–H groups in total. The molecule has 1 aromatic heterocycles. The van der Waals surface area contributed by atoms with Crippen molar-refractivity contribution in [2.75, 3.05) is 11.9 Å². The van der Waals surface area contributed by atoms with Crippen LogP contribution in [0.2, 0.25) is 0 Å². The summed E-state index contributed by atoms with van der Waals surface area (Å²) < 4.78 is 38.2. The summed E-state index contributed by atoms with van der Waals surface area (Å²) in [4.78, 5) is 12.3. The summed E-state index contributed by atoms with van der Waals surface area (Å²) in [6.45, 7) is -0.174. The molecule has 9 heteroatoms. The third-order valence-electron chi connectivity index (χ3n) is 4.82. The van der Waals surface area contributed by atoms with Crippen molar-refractivity contribution >= 4 is 43.2 Å². The average Bonchev–Trinajstić information content (AvgIpc) is 3.38. The second-order valence-electron chi connectivity index (χ2n) is 6.99. The van der Waals surface area contributed by atoms with Gasteiger partial charge in [0.25, 0.3) is 5.91 Å². The first-order chi connectivity index (χ1) is 14.0. The highest BCUT2D eigenvalue weighted by Gasteiger charge is 2.22. The number of fused-ring (bicyclic) bond motifs is 1. The Balaban J connectivity index is 1.31. The van der Waals surface area contributed by atoms with Crippen LogP contribution in [-0.2, 0) is 14.8 Å². The van der Waals surface area contributed by atoms with E-state index >= 15 is 0 Å². The highest BCUT2D eigenvalue weighted by molar-refractivity contribution is 7.89. The van der Waals surface area contributed by atoms with Crippen molar-refractivity contribution in [2.24, 2.45) is 0 Å². The lowest BCUT2D eigenvalue weighted by Crippen LogP contribution is -2.32. The van der Waals surface area contributed by atoms with Crippen molar-refractivity contribution in [2.45, 2.75) is 36.6 Å². The first-order valence-corrected chi connectivity index (χ1v) is 11.6. The number of sulfonamides is 1. The van der Waals surface area contributed by atoms with Gasteiger partial charge in [0.15, 0.2) is 6.61 Å². The summed E-state index contributed by atoms with van der Waals surface area (Å²) in [5.74, 6) is 0.129. The minimum Gasteiger partial charge on any atom is -0.484 e. The van der Waals surface area contributed by atoms with Crippen LogP contribution < -0.4 is 14.8 Å². The van der Waals surface area contributed by atoms with Crippen LogP contribution >= 0.6 is 11.5 Å². The summed E-state index contributed by atoms with van der Waals surface area (Å²) in [5, 5.41) is 3.75. The standard InChI is InChI=1S/C20H21N3O4S2/c24-20(22-16-5-10-19-14(11-16)12-21-28-19)13-27-17-6-8-18(9-7-17)29(25,26)23-15-3-1-2-4-15/h5-12,15,23H,1-4,13H2,(H,22,24). The van der Waals surface area contributed by atoms with Crippen molar-refractivity contribution in [1.29, 1.82) is 0 Å². The van der Waals surface area contributed by atoms with Crippen molar-refractivity contribution in [1.82, 2.24) is 9.10 Å². The van der Waals surface area contributed by atoms with Gasteiger partial charge >= 0.3 is 0 Å². The van der Waals surface area contributed by atoms with E-state index < -0.39 is 10.0 Å². The van der Waals surface area contributed by atoms with Gasteiger partial charge in [-0.3, -0.25) is 4.79 Å². The normalized spacial score (nSPS) is 14.9. The van der Waals surface area contributed by atoms with Crippen molar-refractivity contribution in [3.8, 4) is 5.75 Å². The van der Waals surface area contributed by atoms with E-state index in [1.807, 2.05) is 18.2 Å². The molecule has 0 bridgehead atoms. The number of hydrogen-bond donors (Lipinski definition) is 2. The topological polar surface area (TPSA) is 97.4 Å². The number of nitrogens with one attached hydrogen (secondary N) is 2. The van der Waals surface area contributed by atoms with Gasteiger partial charge in [0.1, 0.15) is 5.75 Å². The number of anilines is 1. The molecule has 1 saturated carbocycles. The Morgan fingerprint density at radius 1 is 1.14 bits per heavy atom. The Hall–Kier alpha value is -2.49. The van der Waals surface area contributed by atoms with E-state index in [0.717, 1.165) is 35.8 Å². The Morgan fingerprint density at radius 2 is 1.90 bits per heavy atom. The van der Waals surface area contributed by atoms with Crippen molar-refractivity contribution < 1.29 is 17.9 Å². The van der Waals surface area contributed by atoms with E-state index in [1.165, 1.54) is 23.7 Å². The molecule has 1 fully saturated rings. The van der Waals surface area contributed by atoms with Gasteiger partial charge in [0.2, 0.25) is 10.0 Å². The van der Waals surface area contributed by atoms with Gasteiger partial charge in [-0.1, -0.05) is 12.8 Å². The minimum absolute atomic E-state index is 0.0173. The molecule has 29 heavy (non-hydrogen) atoms. The van der Waals surface area contributed by atoms with E-state index in [0.29, 0.717) is 11.4 Å². The molecule has 152 valence electrons. The maximum atomic E-state index is 12.4. The van der Waals surface area contributed by atoms with Crippen LogP contribution in [0.15, 0.2) is 53.6 Å². The number of rotatable bonds is 7. The quantitative estimate of drug-likeness (QED) is 0.596. The van der Waals surface area contributed by atoms with Crippen LogP contribution in [0, 0.1) is 0 Å². The molecule has 0 atom stereocenters. The molecule has 4 rings (SSSR count). The number of benzene rings is 2. The molecule has 7 nitrogen and oxygen atoms in total. The zero-order valence-corrected chi connectivity index (χ0v) is 17.3. The lowest BCUT2D eigenvalue weighted by atomic mass is 10.2. The van der Waals surface area contributed by atoms with E-state index in [4.69, 9.17) is 4.74 Å². The number of nitrogens with zero attached hydrogens (tertiary/aromatic N) is 1. The van der Waals surface area contributed by atoms with Crippen LogP contribution in [0.4, 0.5) is 5.69 Å². The molecule has 1 heterocycles. The lowest BCUT2D eigenvalue weighted by molar-refractivity contribution is -0.118. The monoisotopic (exact) mass is 431 g/mol. The molecule has 1 aliphatic rings. The number of carbonyl (C=O) groups excluding carboxylic acids is 1. The molecular weight excluding hydrogens is 410 g/mol. The van der Waals surface area contributed by atoms with Gasteiger partial charge in [-0.25, -0.2) is 13.1 Å². The van der Waals surface area contributed by atoms with Crippen molar-refractivity contribution in [3.63, 3.8) is 0 Å². The number of ether oxygens (including phenoxy) is 1. The van der Waals surface area contributed by atoms with Crippen LogP contribution in [0.25, 0.3) is 10.1 Å². The predicted octanol–water partition coefficient (Wildman–Crippen LogP) is 3.53. The van der Waals surface area contributed by atoms with Crippen LogP contribution in [0.3, 0.4) is 0 Å². The third kappa shape index (κ3) is 4.92. The lowest BCUT2D eigenvalue weighted by Gasteiger charge is -2.13. The Labute approximate surface area is 173 Å². The molecule has 1 aliphatic carbocycles. The van der Waals surface area contributed by atoms with E-state index in [1.54, 1.807) is 18.3 Å². The number of carbonyl (C=O) groups is 1. The second-order valence-corrected chi connectivity index (χ2v) is 9.54. The minimum atomic E-state index is -3.53. The Kier molecular flexibility index (Phi) is 5.79. The first kappa shape index (κ1) is 19.8. The summed E-state index contributed by atoms with van der Waals surface area (Å²) in [5.41, 5.74) is 0.672. The zero-order valence-electron chi connectivity index (χ0n) is 15.6. The van der Waals surface area contributed by atoms with E-state index in [-0.39, 0.29) is 23.5 Å². The van der Waals surface area contributed by atoms with Gasteiger partial charge in [-0.2, -0.15) is 4.37 Å². The number of hydrogen-bond acceptors (Lipinski definition) is 6. The molecule has 0 radical (unpaired) electrons. The van der Waals surface area contributed by atoms with E-state index in [9.17, 15) is 13.2 Å². The van der Waals surface area contributed by atoms with Gasteiger partial charge in [-0.15, -0.1) is 0 Å². The summed E-state index contributed by atoms with van der Waals surface area (Å²) in [6.07, 6.45) is 5.63. The highest BCUT2D eigenvalue weighted by Crippen LogP contribution is 2.23. The second kappa shape index (κ2) is 8.48. The molecule has 3 aromatic rings. The summed E-state index contributed by atoms with van der Waals surface area (Å²) in [7, 11) is -3.53. The van der Waals surface area contributed by atoms with Crippen LogP contribution in [0.5, 0.6) is 5.75 Å². The summed E-state index contributed by atoms with van der Waals surface area (Å²) in [6, 6.07) is 11.7. The van der Waals surface area contributed by atoms with Crippen LogP contribution in [0.1, 0.15) is 25.7 Å². The molecule has 1 amide bonds. The SMILES string of the molecule is O=C(COc1ccc(S(=O)(=O)NC2CCCC2)cc1)Nc1ccc2sncc2c1. The zero-order chi connectivity index (χ0) is 20.3. The Morgan fingerprint density at radius 3 is 2.66 bits per heavy atom. The van der Waals surface area contributed by atoms with Gasteiger partial charge in [-0.05, 0) is 66.8 Å².